The minimum absolute atomic E-state index is 0.280. The minimum Gasteiger partial charge on any atom is -0.508 e. The number of aromatic nitrogens is 4. The molecular formula is C11H15N5OS. The zero-order chi connectivity index (χ0) is 12.8. The number of phenols is 1. The van der Waals surface area contributed by atoms with E-state index in [2.05, 4.69) is 20.8 Å². The zero-order valence-corrected chi connectivity index (χ0v) is 10.9. The van der Waals surface area contributed by atoms with Crippen LogP contribution in [0, 0.1) is 0 Å². The molecule has 1 aromatic heterocycles. The number of nitrogens with one attached hydrogen (secondary N) is 1. The second-order valence-electron chi connectivity index (χ2n) is 3.74. The van der Waals surface area contributed by atoms with Crippen molar-refractivity contribution in [3.8, 4) is 5.75 Å². The molecule has 6 nitrogen and oxygen atoms in total. The summed E-state index contributed by atoms with van der Waals surface area (Å²) in [6.45, 7) is 1.58. The first-order valence-electron chi connectivity index (χ1n) is 5.61. The van der Waals surface area contributed by atoms with Gasteiger partial charge in [-0.25, -0.2) is 4.68 Å². The molecule has 0 aliphatic carbocycles. The van der Waals surface area contributed by atoms with E-state index in [0.717, 1.165) is 29.6 Å². The van der Waals surface area contributed by atoms with Gasteiger partial charge < -0.3 is 10.4 Å². The molecule has 18 heavy (non-hydrogen) atoms. The van der Waals surface area contributed by atoms with Gasteiger partial charge >= 0.3 is 0 Å². The molecule has 0 aliphatic rings. The monoisotopic (exact) mass is 265 g/mol. The maximum Gasteiger partial charge on any atom is 0.209 e. The van der Waals surface area contributed by atoms with Crippen molar-refractivity contribution < 1.29 is 5.11 Å². The second kappa shape index (κ2) is 6.36. The third-order valence-corrected chi connectivity index (χ3v) is 3.41. The summed E-state index contributed by atoms with van der Waals surface area (Å²) in [6, 6.07) is 7.15. The van der Waals surface area contributed by atoms with Crippen LogP contribution in [0.4, 0.5) is 0 Å². The summed E-state index contributed by atoms with van der Waals surface area (Å²) < 4.78 is 1.78. The van der Waals surface area contributed by atoms with Crippen LogP contribution < -0.4 is 5.32 Å². The molecule has 0 unspecified atom stereocenters. The zero-order valence-electron chi connectivity index (χ0n) is 10.1. The molecule has 0 spiro atoms. The highest BCUT2D eigenvalue weighted by atomic mass is 32.2. The first kappa shape index (κ1) is 12.8. The quantitative estimate of drug-likeness (QED) is 0.756. The highest BCUT2D eigenvalue weighted by molar-refractivity contribution is 7.98. The van der Waals surface area contributed by atoms with E-state index in [9.17, 15) is 5.11 Å². The Hall–Kier alpha value is -1.60. The number of rotatable bonds is 6. The van der Waals surface area contributed by atoms with Crippen molar-refractivity contribution in [1.29, 1.82) is 0 Å². The van der Waals surface area contributed by atoms with Gasteiger partial charge in [-0.15, -0.1) is 5.10 Å². The van der Waals surface area contributed by atoms with Crippen LogP contribution in [0.1, 0.15) is 5.56 Å². The minimum atomic E-state index is 0.280. The summed E-state index contributed by atoms with van der Waals surface area (Å²) >= 11 is 1.58. The number of hydrogen-bond donors (Lipinski definition) is 2. The van der Waals surface area contributed by atoms with E-state index in [1.807, 2.05) is 19.2 Å². The van der Waals surface area contributed by atoms with Gasteiger partial charge in [0.25, 0.3) is 0 Å². The number of nitrogens with zero attached hydrogens (tertiary/aromatic N) is 4. The van der Waals surface area contributed by atoms with E-state index in [1.165, 1.54) is 0 Å². The summed E-state index contributed by atoms with van der Waals surface area (Å²) in [5.74, 6) is 1.06. The van der Waals surface area contributed by atoms with Crippen LogP contribution >= 0.6 is 11.8 Å². The highest BCUT2D eigenvalue weighted by Crippen LogP contribution is 2.21. The van der Waals surface area contributed by atoms with Crippen LogP contribution in [0.5, 0.6) is 5.75 Å². The molecule has 2 aromatic rings. The maximum atomic E-state index is 9.20. The molecule has 0 saturated heterocycles. The van der Waals surface area contributed by atoms with Gasteiger partial charge in [0.15, 0.2) is 0 Å². The van der Waals surface area contributed by atoms with E-state index in [4.69, 9.17) is 0 Å². The van der Waals surface area contributed by atoms with Crippen LogP contribution in [0.3, 0.4) is 0 Å². The number of phenolic OH excluding ortho intramolecular Hbond substituents is 1. The number of hydrogen-bond acceptors (Lipinski definition) is 6. The number of thioether (sulfide) groups is 1. The topological polar surface area (TPSA) is 75.9 Å². The molecule has 0 atom stereocenters. The van der Waals surface area contributed by atoms with Gasteiger partial charge in [0.1, 0.15) is 5.75 Å². The van der Waals surface area contributed by atoms with Crippen LogP contribution in [0.15, 0.2) is 29.4 Å². The van der Waals surface area contributed by atoms with Crippen molar-refractivity contribution >= 4 is 11.8 Å². The standard InChI is InChI=1S/C11H15N5OS/c1-12-6-7-16-11(13-14-15-16)18-8-9-2-4-10(17)5-3-9/h2-5,12,17H,6-8H2,1H3. The molecule has 0 amide bonds. The number of benzene rings is 1. The third-order valence-electron chi connectivity index (χ3n) is 2.38. The molecule has 0 aliphatic heterocycles. The molecular weight excluding hydrogens is 250 g/mol. The molecule has 0 fully saturated rings. The van der Waals surface area contributed by atoms with Crippen LogP contribution in [0.2, 0.25) is 0 Å². The van der Waals surface area contributed by atoms with Gasteiger partial charge in [0.05, 0.1) is 6.54 Å². The van der Waals surface area contributed by atoms with E-state index in [-0.39, 0.29) is 5.75 Å². The number of aromatic hydroxyl groups is 1. The lowest BCUT2D eigenvalue weighted by Crippen LogP contribution is -2.16. The fourth-order valence-electron chi connectivity index (χ4n) is 1.40. The van der Waals surface area contributed by atoms with Gasteiger partial charge in [0, 0.05) is 12.3 Å². The Morgan fingerprint density at radius 2 is 2.11 bits per heavy atom. The number of tetrazole rings is 1. The molecule has 0 bridgehead atoms. The Kier molecular flexibility index (Phi) is 4.54. The summed E-state index contributed by atoms with van der Waals surface area (Å²) in [6.07, 6.45) is 0. The summed E-state index contributed by atoms with van der Waals surface area (Å²) in [7, 11) is 1.90. The molecule has 1 aromatic carbocycles. The summed E-state index contributed by atoms with van der Waals surface area (Å²) in [4.78, 5) is 0. The van der Waals surface area contributed by atoms with Gasteiger partial charge in [-0.3, -0.25) is 0 Å². The predicted octanol–water partition coefficient (Wildman–Crippen LogP) is 0.890. The SMILES string of the molecule is CNCCn1nnnc1SCc1ccc(O)cc1. The Labute approximate surface area is 109 Å². The van der Waals surface area contributed by atoms with Crippen molar-refractivity contribution in [2.45, 2.75) is 17.5 Å². The number of likely N-dealkylation sites (N-methyl/N-ethyl adjacent to an activating group) is 1. The average molecular weight is 265 g/mol. The van der Waals surface area contributed by atoms with E-state index in [1.54, 1.807) is 28.6 Å². The lowest BCUT2D eigenvalue weighted by Gasteiger charge is -2.04. The van der Waals surface area contributed by atoms with E-state index < -0.39 is 0 Å². The fourth-order valence-corrected chi connectivity index (χ4v) is 2.26. The molecule has 0 saturated carbocycles. The predicted molar refractivity (Wildman–Crippen MR) is 69.4 cm³/mol. The average Bonchev–Trinajstić information content (AvgIpc) is 2.83. The Morgan fingerprint density at radius 1 is 1.33 bits per heavy atom. The van der Waals surface area contributed by atoms with Gasteiger partial charge in [0.2, 0.25) is 5.16 Å². The largest absolute Gasteiger partial charge is 0.508 e. The Balaban J connectivity index is 1.93. The highest BCUT2D eigenvalue weighted by Gasteiger charge is 2.06. The third kappa shape index (κ3) is 3.44. The van der Waals surface area contributed by atoms with Crippen molar-refractivity contribution in [3.63, 3.8) is 0 Å². The molecule has 7 heteroatoms. The van der Waals surface area contributed by atoms with Gasteiger partial charge in [-0.2, -0.15) is 0 Å². The maximum absolute atomic E-state index is 9.20. The normalized spacial score (nSPS) is 10.7. The van der Waals surface area contributed by atoms with Crippen molar-refractivity contribution in [1.82, 2.24) is 25.5 Å². The fraction of sp³-hybridized carbons (Fsp3) is 0.364. The molecule has 1 heterocycles. The Morgan fingerprint density at radius 3 is 2.83 bits per heavy atom. The lowest BCUT2D eigenvalue weighted by atomic mass is 10.2. The van der Waals surface area contributed by atoms with Gasteiger partial charge in [-0.1, -0.05) is 23.9 Å². The first-order valence-corrected chi connectivity index (χ1v) is 6.59. The van der Waals surface area contributed by atoms with Crippen LogP contribution in [-0.2, 0) is 12.3 Å². The lowest BCUT2D eigenvalue weighted by molar-refractivity contribution is 0.475. The van der Waals surface area contributed by atoms with E-state index >= 15 is 0 Å². The summed E-state index contributed by atoms with van der Waals surface area (Å²) in [5, 5.41) is 24.7. The van der Waals surface area contributed by atoms with Crippen LogP contribution in [-0.4, -0.2) is 38.9 Å². The van der Waals surface area contributed by atoms with Crippen LogP contribution in [0.25, 0.3) is 0 Å². The van der Waals surface area contributed by atoms with Crippen molar-refractivity contribution in [2.75, 3.05) is 13.6 Å². The van der Waals surface area contributed by atoms with E-state index in [0.29, 0.717) is 0 Å². The van der Waals surface area contributed by atoms with Crippen molar-refractivity contribution in [2.24, 2.45) is 0 Å². The molecule has 96 valence electrons. The van der Waals surface area contributed by atoms with Crippen molar-refractivity contribution in [3.05, 3.63) is 29.8 Å². The first-order chi connectivity index (χ1) is 8.79. The Bertz CT molecular complexity index is 484. The molecule has 2 rings (SSSR count). The van der Waals surface area contributed by atoms with Gasteiger partial charge in [-0.05, 0) is 35.2 Å². The molecule has 2 N–H and O–H groups in total. The smallest absolute Gasteiger partial charge is 0.209 e. The summed E-state index contributed by atoms with van der Waals surface area (Å²) in [5.41, 5.74) is 1.13. The molecule has 0 radical (unpaired) electrons. The second-order valence-corrected chi connectivity index (χ2v) is 4.69.